The number of allylic oxidation sites excluding steroid dienone is 3. The molecule has 224 valence electrons. The van der Waals surface area contributed by atoms with Crippen molar-refractivity contribution in [2.45, 2.75) is 69.3 Å². The Labute approximate surface area is 242 Å². The van der Waals surface area contributed by atoms with Gasteiger partial charge in [0, 0.05) is 29.4 Å². The van der Waals surface area contributed by atoms with Crippen LogP contribution in [0.1, 0.15) is 52.9 Å². The van der Waals surface area contributed by atoms with Crippen molar-refractivity contribution >= 4 is 32.8 Å². The van der Waals surface area contributed by atoms with Crippen LogP contribution in [0, 0.1) is 11.7 Å². The largest absolute Gasteiger partial charge is 0.466 e. The standard InChI is InChI=1S/C29H33F2N5O5S/c1-4-41-27(37)18(2)29(38)12-6-9-20(15-29)34-25-23(31)16-33-24(35-25)22-17-36(26-21(22)10-7-13-32-26)42(39,40)28(3)11-5-8-19(30)14-28/h5,7-8,10,13-14,16-18,20,38H,4,6,9,11-12,15H2,1-3H3,(H,33,34,35)/t18?,20-,28?,29-/m0/s1. The Balaban J connectivity index is 1.48. The molecule has 1 saturated carbocycles. The molecule has 4 atom stereocenters. The van der Waals surface area contributed by atoms with Crippen molar-refractivity contribution in [3.63, 3.8) is 0 Å². The summed E-state index contributed by atoms with van der Waals surface area (Å²) in [6, 6.07) is 2.88. The zero-order chi connectivity index (χ0) is 30.3. The molecule has 3 aromatic rings. The SMILES string of the molecule is CCOC(=O)C(C)[C@]1(O)CCC[C@H](Nc2nc(-c3cn(S(=O)(=O)C4(C)C=C(F)C=CC4)c4ncccc34)ncc2F)C1. The Morgan fingerprint density at radius 2 is 2.12 bits per heavy atom. The van der Waals surface area contributed by atoms with Gasteiger partial charge in [-0.25, -0.2) is 36.1 Å². The van der Waals surface area contributed by atoms with Crippen LogP contribution >= 0.6 is 0 Å². The maximum absolute atomic E-state index is 15.0. The fourth-order valence-electron chi connectivity index (χ4n) is 5.68. The number of hydrogen-bond acceptors (Lipinski definition) is 9. The van der Waals surface area contributed by atoms with E-state index in [1.54, 1.807) is 26.0 Å². The monoisotopic (exact) mass is 601 g/mol. The number of anilines is 1. The van der Waals surface area contributed by atoms with E-state index in [2.05, 4.69) is 20.3 Å². The number of aromatic nitrogens is 4. The minimum atomic E-state index is -4.21. The summed E-state index contributed by atoms with van der Waals surface area (Å²) in [5.41, 5.74) is -0.939. The number of carbonyl (C=O) groups excluding carboxylic acids is 1. The van der Waals surface area contributed by atoms with E-state index in [4.69, 9.17) is 4.74 Å². The summed E-state index contributed by atoms with van der Waals surface area (Å²) in [4.78, 5) is 25.1. The summed E-state index contributed by atoms with van der Waals surface area (Å²) in [6.45, 7) is 4.95. The molecule has 5 rings (SSSR count). The number of carbonyl (C=O) groups is 1. The number of halogens is 2. The Bertz CT molecular complexity index is 1690. The van der Waals surface area contributed by atoms with Crippen LogP contribution in [-0.2, 0) is 19.6 Å². The maximum Gasteiger partial charge on any atom is 0.311 e. The predicted molar refractivity (Wildman–Crippen MR) is 153 cm³/mol. The molecule has 0 spiro atoms. The van der Waals surface area contributed by atoms with Crippen LogP contribution < -0.4 is 5.32 Å². The summed E-state index contributed by atoms with van der Waals surface area (Å²) in [5.74, 6) is -2.72. The summed E-state index contributed by atoms with van der Waals surface area (Å²) >= 11 is 0. The van der Waals surface area contributed by atoms with Gasteiger partial charge in [-0.3, -0.25) is 4.79 Å². The number of pyridine rings is 1. The highest BCUT2D eigenvalue weighted by Gasteiger charge is 2.44. The van der Waals surface area contributed by atoms with Crippen LogP contribution in [0.4, 0.5) is 14.6 Å². The van der Waals surface area contributed by atoms with Crippen LogP contribution in [0.2, 0.25) is 0 Å². The van der Waals surface area contributed by atoms with Gasteiger partial charge >= 0.3 is 5.97 Å². The molecule has 0 amide bonds. The first-order valence-electron chi connectivity index (χ1n) is 13.8. The zero-order valence-electron chi connectivity index (χ0n) is 23.5. The molecule has 0 saturated heterocycles. The van der Waals surface area contributed by atoms with Crippen LogP contribution in [-0.4, -0.2) is 61.4 Å². The lowest BCUT2D eigenvalue weighted by atomic mass is 9.74. The molecule has 2 N–H and O–H groups in total. The van der Waals surface area contributed by atoms with Crippen LogP contribution in [0.5, 0.6) is 0 Å². The van der Waals surface area contributed by atoms with Gasteiger partial charge in [0.2, 0.25) is 10.0 Å². The second kappa shape index (κ2) is 11.2. The van der Waals surface area contributed by atoms with Gasteiger partial charge < -0.3 is 15.2 Å². The van der Waals surface area contributed by atoms with E-state index in [1.807, 2.05) is 0 Å². The Morgan fingerprint density at radius 3 is 2.86 bits per heavy atom. The van der Waals surface area contributed by atoms with Crippen LogP contribution in [0.25, 0.3) is 22.4 Å². The fourth-order valence-corrected chi connectivity index (χ4v) is 7.32. The second-order valence-electron chi connectivity index (χ2n) is 11.1. The molecule has 2 aliphatic rings. The summed E-state index contributed by atoms with van der Waals surface area (Å²) in [5, 5.41) is 14.7. The number of rotatable bonds is 8. The van der Waals surface area contributed by atoms with E-state index in [1.165, 1.54) is 31.5 Å². The number of ether oxygens (including phenoxy) is 1. The lowest BCUT2D eigenvalue weighted by Crippen LogP contribution is -2.48. The zero-order valence-corrected chi connectivity index (χ0v) is 24.4. The molecular formula is C29H33F2N5O5S. The fraction of sp³-hybridized carbons (Fsp3) is 0.448. The van der Waals surface area contributed by atoms with Crippen molar-refractivity contribution in [2.24, 2.45) is 5.92 Å². The van der Waals surface area contributed by atoms with Crippen LogP contribution in [0.3, 0.4) is 0 Å². The first kappa shape index (κ1) is 29.8. The van der Waals surface area contributed by atoms with Gasteiger partial charge in [-0.2, -0.15) is 0 Å². The molecule has 2 unspecified atom stereocenters. The minimum absolute atomic E-state index is 0.0484. The van der Waals surface area contributed by atoms with Gasteiger partial charge in [0.25, 0.3) is 0 Å². The van der Waals surface area contributed by atoms with Crippen LogP contribution in [0.15, 0.2) is 54.8 Å². The predicted octanol–water partition coefficient (Wildman–Crippen LogP) is 4.67. The Morgan fingerprint density at radius 1 is 1.33 bits per heavy atom. The third-order valence-corrected chi connectivity index (χ3v) is 10.4. The molecule has 0 radical (unpaired) electrons. The van der Waals surface area contributed by atoms with Gasteiger partial charge in [-0.1, -0.05) is 6.08 Å². The van der Waals surface area contributed by atoms with E-state index in [0.29, 0.717) is 30.2 Å². The molecule has 13 heteroatoms. The highest BCUT2D eigenvalue weighted by molar-refractivity contribution is 7.91. The van der Waals surface area contributed by atoms with E-state index in [9.17, 15) is 27.1 Å². The topological polar surface area (TPSA) is 136 Å². The summed E-state index contributed by atoms with van der Waals surface area (Å²) < 4.78 is 61.3. The summed E-state index contributed by atoms with van der Waals surface area (Å²) in [7, 11) is -4.21. The molecule has 0 aliphatic heterocycles. The van der Waals surface area contributed by atoms with Crippen molar-refractivity contribution in [3.8, 4) is 11.4 Å². The van der Waals surface area contributed by atoms with Crippen molar-refractivity contribution in [1.82, 2.24) is 18.9 Å². The highest BCUT2D eigenvalue weighted by atomic mass is 32.2. The summed E-state index contributed by atoms with van der Waals surface area (Å²) in [6.07, 6.45) is 9.34. The van der Waals surface area contributed by atoms with Crippen molar-refractivity contribution in [1.29, 1.82) is 0 Å². The van der Waals surface area contributed by atoms with Gasteiger partial charge in [0.1, 0.15) is 10.6 Å². The first-order valence-corrected chi connectivity index (χ1v) is 15.3. The highest BCUT2D eigenvalue weighted by Crippen LogP contribution is 2.38. The average molecular weight is 602 g/mol. The number of hydrogen-bond donors (Lipinski definition) is 2. The lowest BCUT2D eigenvalue weighted by molar-refractivity contribution is -0.159. The minimum Gasteiger partial charge on any atom is -0.466 e. The van der Waals surface area contributed by atoms with E-state index >= 15 is 0 Å². The molecule has 0 aromatic carbocycles. The molecule has 1 fully saturated rings. The Kier molecular flexibility index (Phi) is 7.92. The van der Waals surface area contributed by atoms with E-state index in [0.717, 1.165) is 16.2 Å². The molecule has 42 heavy (non-hydrogen) atoms. The van der Waals surface area contributed by atoms with Crippen molar-refractivity contribution in [3.05, 3.63) is 60.6 Å². The first-order chi connectivity index (χ1) is 19.9. The molecule has 10 nitrogen and oxygen atoms in total. The average Bonchev–Trinajstić information content (AvgIpc) is 3.34. The number of nitrogens with zero attached hydrogens (tertiary/aromatic N) is 4. The number of esters is 1. The Hall–Kier alpha value is -3.71. The molecule has 2 aliphatic carbocycles. The number of nitrogens with one attached hydrogen (secondary N) is 1. The third kappa shape index (κ3) is 5.31. The van der Waals surface area contributed by atoms with Gasteiger partial charge in [0.05, 0.1) is 24.3 Å². The third-order valence-electron chi connectivity index (χ3n) is 8.16. The van der Waals surface area contributed by atoms with E-state index in [-0.39, 0.29) is 36.7 Å². The van der Waals surface area contributed by atoms with Crippen molar-refractivity contribution < 1.29 is 31.8 Å². The van der Waals surface area contributed by atoms with Gasteiger partial charge in [0.15, 0.2) is 23.1 Å². The smallest absolute Gasteiger partial charge is 0.311 e. The molecule has 3 aromatic heterocycles. The van der Waals surface area contributed by atoms with E-state index < -0.39 is 49.9 Å². The van der Waals surface area contributed by atoms with Gasteiger partial charge in [-0.15, -0.1) is 0 Å². The number of fused-ring (bicyclic) bond motifs is 1. The van der Waals surface area contributed by atoms with Crippen molar-refractivity contribution in [2.75, 3.05) is 11.9 Å². The van der Waals surface area contributed by atoms with Gasteiger partial charge in [-0.05, 0) is 77.2 Å². The maximum atomic E-state index is 15.0. The lowest BCUT2D eigenvalue weighted by Gasteiger charge is -2.40. The quantitative estimate of drug-likeness (QED) is 0.353. The second-order valence-corrected chi connectivity index (χ2v) is 13.3. The molecular weight excluding hydrogens is 568 g/mol. The molecule has 0 bridgehead atoms. The number of aliphatic hydroxyl groups is 1. The normalized spacial score (nSPS) is 25.2. The molecule has 3 heterocycles.